The third-order valence-corrected chi connectivity index (χ3v) is 6.99. The van der Waals surface area contributed by atoms with Gasteiger partial charge in [-0.1, -0.05) is 76.6 Å². The van der Waals surface area contributed by atoms with Gasteiger partial charge in [-0.3, -0.25) is 4.79 Å². The van der Waals surface area contributed by atoms with Crippen molar-refractivity contribution in [3.8, 4) is 0 Å². The molecule has 0 saturated heterocycles. The summed E-state index contributed by atoms with van der Waals surface area (Å²) >= 11 is 3.32. The van der Waals surface area contributed by atoms with E-state index >= 15 is 0 Å². The number of likely N-dealkylation sites (N-methyl/N-ethyl adjacent to an activating group) is 1. The van der Waals surface area contributed by atoms with Crippen LogP contribution in [-0.4, -0.2) is 37.1 Å². The molecule has 3 aromatic carbocycles. The highest BCUT2D eigenvalue weighted by atomic mass is 79.9. The number of sulfonamides is 1. The van der Waals surface area contributed by atoms with Gasteiger partial charge >= 0.3 is 0 Å². The van der Waals surface area contributed by atoms with Gasteiger partial charge in [0.05, 0.1) is 11.4 Å². The molecule has 0 bridgehead atoms. The molecule has 0 heterocycles. The number of halogens is 1. The molecule has 0 aromatic heterocycles. The van der Waals surface area contributed by atoms with E-state index in [-0.39, 0.29) is 23.9 Å². The molecule has 0 unspecified atom stereocenters. The minimum absolute atomic E-state index is 0.115. The van der Waals surface area contributed by atoms with Crippen molar-refractivity contribution in [2.24, 2.45) is 0 Å². The first-order chi connectivity index (χ1) is 14.4. The zero-order valence-corrected chi connectivity index (χ0v) is 19.0. The van der Waals surface area contributed by atoms with Gasteiger partial charge in [-0.05, 0) is 35.4 Å². The molecule has 7 heteroatoms. The van der Waals surface area contributed by atoms with E-state index < -0.39 is 10.0 Å². The number of amides is 1. The van der Waals surface area contributed by atoms with Crippen LogP contribution in [0.1, 0.15) is 11.1 Å². The van der Waals surface area contributed by atoms with Crippen molar-refractivity contribution >= 4 is 31.9 Å². The molecule has 3 rings (SSSR count). The average Bonchev–Trinajstić information content (AvgIpc) is 2.75. The lowest BCUT2D eigenvalue weighted by Gasteiger charge is -2.25. The lowest BCUT2D eigenvalue weighted by atomic mass is 10.2. The van der Waals surface area contributed by atoms with Gasteiger partial charge in [-0.2, -0.15) is 4.31 Å². The lowest BCUT2D eigenvalue weighted by molar-refractivity contribution is -0.130. The fourth-order valence-corrected chi connectivity index (χ4v) is 4.63. The highest BCUT2D eigenvalue weighted by Crippen LogP contribution is 2.21. The molecule has 0 spiro atoms. The summed E-state index contributed by atoms with van der Waals surface area (Å²) < 4.78 is 28.6. The molecule has 0 aliphatic rings. The molecule has 0 atom stereocenters. The van der Waals surface area contributed by atoms with Gasteiger partial charge in [-0.25, -0.2) is 8.42 Å². The maximum Gasteiger partial charge on any atom is 0.243 e. The van der Waals surface area contributed by atoms with Gasteiger partial charge < -0.3 is 4.90 Å². The Morgan fingerprint density at radius 2 is 1.30 bits per heavy atom. The number of nitrogens with zero attached hydrogens (tertiary/aromatic N) is 2. The van der Waals surface area contributed by atoms with Crippen molar-refractivity contribution < 1.29 is 13.2 Å². The Labute approximate surface area is 186 Å². The largest absolute Gasteiger partial charge is 0.340 e. The highest BCUT2D eigenvalue weighted by molar-refractivity contribution is 9.10. The van der Waals surface area contributed by atoms with Gasteiger partial charge in [0.25, 0.3) is 0 Å². The Bertz CT molecular complexity index is 1070. The van der Waals surface area contributed by atoms with Crippen molar-refractivity contribution in [1.82, 2.24) is 9.21 Å². The third kappa shape index (κ3) is 5.78. The van der Waals surface area contributed by atoms with E-state index in [0.717, 1.165) is 15.6 Å². The molecular weight excluding hydrogens is 464 g/mol. The second kappa shape index (κ2) is 10.0. The maximum atomic E-state index is 13.3. The Hall–Kier alpha value is -2.48. The average molecular weight is 487 g/mol. The number of benzene rings is 3. The summed E-state index contributed by atoms with van der Waals surface area (Å²) in [5, 5.41) is 0. The lowest BCUT2D eigenvalue weighted by Crippen LogP contribution is -2.40. The molecule has 5 nitrogen and oxygen atoms in total. The van der Waals surface area contributed by atoms with E-state index in [0.29, 0.717) is 6.54 Å². The van der Waals surface area contributed by atoms with Crippen molar-refractivity contribution in [3.05, 3.63) is 101 Å². The smallest absolute Gasteiger partial charge is 0.243 e. The van der Waals surface area contributed by atoms with Crippen LogP contribution in [0.2, 0.25) is 0 Å². The van der Waals surface area contributed by atoms with Gasteiger partial charge in [-0.15, -0.1) is 0 Å². The Kier molecular flexibility index (Phi) is 7.42. The number of rotatable bonds is 8. The standard InChI is InChI=1S/C23H23BrN2O3S/c1-25(16-19-8-4-2-5-9-19)23(27)18-26(17-20-10-6-3-7-11-20)30(28,29)22-14-12-21(24)13-15-22/h2-15H,16-18H2,1H3. The van der Waals surface area contributed by atoms with E-state index in [1.165, 1.54) is 16.4 Å². The van der Waals surface area contributed by atoms with Crippen LogP contribution in [0.4, 0.5) is 0 Å². The molecule has 0 fully saturated rings. The molecule has 1 amide bonds. The monoisotopic (exact) mass is 486 g/mol. The van der Waals surface area contributed by atoms with Gasteiger partial charge in [0, 0.05) is 24.6 Å². The summed E-state index contributed by atoms with van der Waals surface area (Å²) in [6.07, 6.45) is 0. The zero-order chi connectivity index (χ0) is 21.6. The van der Waals surface area contributed by atoms with E-state index in [1.54, 1.807) is 24.1 Å². The molecule has 0 saturated carbocycles. The predicted octanol–water partition coefficient (Wildman–Crippen LogP) is 4.30. The summed E-state index contributed by atoms with van der Waals surface area (Å²) in [5.74, 6) is -0.268. The second-order valence-corrected chi connectivity index (χ2v) is 9.80. The molecule has 0 radical (unpaired) electrons. The minimum atomic E-state index is -3.85. The van der Waals surface area contributed by atoms with E-state index in [1.807, 2.05) is 60.7 Å². The fraction of sp³-hybridized carbons (Fsp3) is 0.174. The quantitative estimate of drug-likeness (QED) is 0.476. The zero-order valence-electron chi connectivity index (χ0n) is 16.6. The van der Waals surface area contributed by atoms with Crippen molar-refractivity contribution in [2.75, 3.05) is 13.6 Å². The van der Waals surface area contributed by atoms with Crippen molar-refractivity contribution in [3.63, 3.8) is 0 Å². The van der Waals surface area contributed by atoms with Gasteiger partial charge in [0.1, 0.15) is 0 Å². The fourth-order valence-electron chi connectivity index (χ4n) is 2.99. The van der Waals surface area contributed by atoms with Crippen LogP contribution < -0.4 is 0 Å². The second-order valence-electron chi connectivity index (χ2n) is 6.95. The summed E-state index contributed by atoms with van der Waals surface area (Å²) in [7, 11) is -2.17. The molecule has 156 valence electrons. The van der Waals surface area contributed by atoms with E-state index in [2.05, 4.69) is 15.9 Å². The van der Waals surface area contributed by atoms with Gasteiger partial charge in [0.15, 0.2) is 0 Å². The first-order valence-corrected chi connectivity index (χ1v) is 11.7. The normalized spacial score (nSPS) is 11.4. The van der Waals surface area contributed by atoms with Crippen LogP contribution in [0.15, 0.2) is 94.3 Å². The van der Waals surface area contributed by atoms with Crippen LogP contribution in [0, 0.1) is 0 Å². The number of carbonyl (C=O) groups is 1. The summed E-state index contributed by atoms with van der Waals surface area (Å²) in [5.41, 5.74) is 1.80. The van der Waals surface area contributed by atoms with Crippen LogP contribution in [0.5, 0.6) is 0 Å². The SMILES string of the molecule is CN(Cc1ccccc1)C(=O)CN(Cc1ccccc1)S(=O)(=O)c1ccc(Br)cc1. The van der Waals surface area contributed by atoms with Gasteiger partial charge in [0.2, 0.25) is 15.9 Å². The topological polar surface area (TPSA) is 57.7 Å². The molecule has 0 aliphatic heterocycles. The first kappa shape index (κ1) is 22.2. The Morgan fingerprint density at radius 3 is 1.83 bits per heavy atom. The molecule has 0 N–H and O–H groups in total. The summed E-state index contributed by atoms with van der Waals surface area (Å²) in [6.45, 7) is 0.290. The number of hydrogen-bond donors (Lipinski definition) is 0. The molecule has 30 heavy (non-hydrogen) atoms. The Balaban J connectivity index is 1.83. The maximum absolute atomic E-state index is 13.3. The van der Waals surface area contributed by atoms with Crippen LogP contribution >= 0.6 is 15.9 Å². The summed E-state index contributed by atoms with van der Waals surface area (Å²) in [4.78, 5) is 14.6. The summed E-state index contributed by atoms with van der Waals surface area (Å²) in [6, 6.07) is 25.3. The Morgan fingerprint density at radius 1 is 0.800 bits per heavy atom. The molecular formula is C23H23BrN2O3S. The number of hydrogen-bond acceptors (Lipinski definition) is 3. The highest BCUT2D eigenvalue weighted by Gasteiger charge is 2.28. The third-order valence-electron chi connectivity index (χ3n) is 4.65. The van der Waals surface area contributed by atoms with Crippen LogP contribution in [0.3, 0.4) is 0 Å². The van der Waals surface area contributed by atoms with Crippen molar-refractivity contribution in [2.45, 2.75) is 18.0 Å². The molecule has 0 aliphatic carbocycles. The first-order valence-electron chi connectivity index (χ1n) is 9.44. The number of carbonyl (C=O) groups excluding carboxylic acids is 1. The van der Waals surface area contributed by atoms with E-state index in [4.69, 9.17) is 0 Å². The minimum Gasteiger partial charge on any atom is -0.340 e. The van der Waals surface area contributed by atoms with Crippen molar-refractivity contribution in [1.29, 1.82) is 0 Å². The van der Waals surface area contributed by atoms with E-state index in [9.17, 15) is 13.2 Å². The predicted molar refractivity (Wildman–Crippen MR) is 121 cm³/mol. The molecule has 3 aromatic rings. The van der Waals surface area contributed by atoms with Crippen LogP contribution in [-0.2, 0) is 27.9 Å². The van der Waals surface area contributed by atoms with Crippen LogP contribution in [0.25, 0.3) is 0 Å².